The number of unbranched alkanes of at least 4 members (excludes halogenated alkanes) is 11. The van der Waals surface area contributed by atoms with Crippen molar-refractivity contribution in [2.75, 3.05) is 13.7 Å². The lowest BCUT2D eigenvalue weighted by Gasteiger charge is -2.27. The van der Waals surface area contributed by atoms with E-state index in [0.29, 0.717) is 6.10 Å². The van der Waals surface area contributed by atoms with Gasteiger partial charge in [-0.25, -0.2) is 0 Å². The Kier molecular flexibility index (Phi) is 14.2. The average Bonchev–Trinajstić information content (AvgIpc) is 2.64. The van der Waals surface area contributed by atoms with Crippen molar-refractivity contribution in [3.8, 4) is 0 Å². The van der Waals surface area contributed by atoms with E-state index < -0.39 is 0 Å². The summed E-state index contributed by atoms with van der Waals surface area (Å²) in [5.74, 6) is 1.23. The van der Waals surface area contributed by atoms with Gasteiger partial charge in [0.1, 0.15) is 0 Å². The molecular formula is C23H44O2. The second kappa shape index (κ2) is 15.7. The molecule has 0 fully saturated rings. The molecular weight excluding hydrogens is 308 g/mol. The summed E-state index contributed by atoms with van der Waals surface area (Å²) in [4.78, 5) is 0. The molecule has 0 saturated heterocycles. The molecule has 0 N–H and O–H groups in total. The molecule has 0 aliphatic carbocycles. The van der Waals surface area contributed by atoms with E-state index in [0.717, 1.165) is 19.4 Å². The fourth-order valence-corrected chi connectivity index (χ4v) is 3.78. The van der Waals surface area contributed by atoms with E-state index in [-0.39, 0.29) is 0 Å². The third-order valence-electron chi connectivity index (χ3n) is 5.51. The number of hydrogen-bond acceptors (Lipinski definition) is 2. The van der Waals surface area contributed by atoms with Crippen LogP contribution in [0, 0.1) is 0 Å². The van der Waals surface area contributed by atoms with E-state index in [2.05, 4.69) is 13.8 Å². The van der Waals surface area contributed by atoms with Crippen LogP contribution >= 0.6 is 0 Å². The molecule has 2 nitrogen and oxygen atoms in total. The third kappa shape index (κ3) is 10.9. The first-order valence-corrected chi connectivity index (χ1v) is 11.2. The van der Waals surface area contributed by atoms with Crippen molar-refractivity contribution in [3.05, 3.63) is 11.3 Å². The zero-order valence-electron chi connectivity index (χ0n) is 17.4. The van der Waals surface area contributed by atoms with Gasteiger partial charge in [0.05, 0.1) is 25.6 Å². The molecule has 1 heterocycles. The first kappa shape index (κ1) is 22.5. The molecule has 0 aromatic heterocycles. The van der Waals surface area contributed by atoms with Crippen LogP contribution < -0.4 is 0 Å². The third-order valence-corrected chi connectivity index (χ3v) is 5.51. The van der Waals surface area contributed by atoms with Gasteiger partial charge < -0.3 is 9.47 Å². The van der Waals surface area contributed by atoms with Crippen molar-refractivity contribution in [1.82, 2.24) is 0 Å². The maximum Gasteiger partial charge on any atom is 0.0996 e. The van der Waals surface area contributed by atoms with Gasteiger partial charge in [0.15, 0.2) is 0 Å². The summed E-state index contributed by atoms with van der Waals surface area (Å²) in [5, 5.41) is 0. The fraction of sp³-hybridized carbons (Fsp3) is 0.913. The molecule has 148 valence electrons. The minimum atomic E-state index is 0.388. The van der Waals surface area contributed by atoms with E-state index in [9.17, 15) is 0 Å². The minimum Gasteiger partial charge on any atom is -0.501 e. The summed E-state index contributed by atoms with van der Waals surface area (Å²) in [7, 11) is 1.84. The highest BCUT2D eigenvalue weighted by Gasteiger charge is 2.21. The van der Waals surface area contributed by atoms with E-state index >= 15 is 0 Å². The minimum absolute atomic E-state index is 0.388. The van der Waals surface area contributed by atoms with Gasteiger partial charge in [-0.3, -0.25) is 0 Å². The van der Waals surface area contributed by atoms with Crippen molar-refractivity contribution in [3.63, 3.8) is 0 Å². The van der Waals surface area contributed by atoms with Crippen LogP contribution in [0.25, 0.3) is 0 Å². The van der Waals surface area contributed by atoms with Gasteiger partial charge in [0.2, 0.25) is 0 Å². The van der Waals surface area contributed by atoms with Crippen LogP contribution in [0.2, 0.25) is 0 Å². The Morgan fingerprint density at radius 3 is 1.96 bits per heavy atom. The monoisotopic (exact) mass is 352 g/mol. The van der Waals surface area contributed by atoms with E-state index in [1.165, 1.54) is 101 Å². The van der Waals surface area contributed by atoms with E-state index in [1.54, 1.807) is 0 Å². The van der Waals surface area contributed by atoms with Crippen LogP contribution in [0.3, 0.4) is 0 Å². The standard InChI is InChI=1S/C23H44O2/c1-4-6-8-10-11-12-13-14-16-18-22-19-23(24-3)21(20-25-22)17-15-9-7-5-2/h22H,4-20H2,1-3H3. The van der Waals surface area contributed by atoms with Gasteiger partial charge in [0.25, 0.3) is 0 Å². The second-order valence-electron chi connectivity index (χ2n) is 7.80. The van der Waals surface area contributed by atoms with Crippen LogP contribution in [0.4, 0.5) is 0 Å². The van der Waals surface area contributed by atoms with E-state index in [4.69, 9.17) is 9.47 Å². The predicted molar refractivity (Wildman–Crippen MR) is 109 cm³/mol. The molecule has 0 radical (unpaired) electrons. The molecule has 1 aliphatic rings. The van der Waals surface area contributed by atoms with Crippen LogP contribution in [0.1, 0.15) is 117 Å². The second-order valence-corrected chi connectivity index (χ2v) is 7.80. The zero-order chi connectivity index (χ0) is 18.2. The van der Waals surface area contributed by atoms with Gasteiger partial charge in [-0.05, 0) is 24.8 Å². The zero-order valence-corrected chi connectivity index (χ0v) is 17.4. The molecule has 1 unspecified atom stereocenters. The van der Waals surface area contributed by atoms with Crippen LogP contribution in [0.5, 0.6) is 0 Å². The lowest BCUT2D eigenvalue weighted by molar-refractivity contribution is 0.0298. The topological polar surface area (TPSA) is 18.5 Å². The normalized spacial score (nSPS) is 18.0. The van der Waals surface area contributed by atoms with Crippen molar-refractivity contribution in [2.45, 2.75) is 123 Å². The average molecular weight is 353 g/mol. The number of rotatable bonds is 16. The highest BCUT2D eigenvalue weighted by Crippen LogP contribution is 2.27. The smallest absolute Gasteiger partial charge is 0.0996 e. The molecule has 0 spiro atoms. The number of ether oxygens (including phenoxy) is 2. The van der Waals surface area contributed by atoms with Gasteiger partial charge in [-0.1, -0.05) is 90.9 Å². The highest BCUT2D eigenvalue weighted by atomic mass is 16.5. The summed E-state index contributed by atoms with van der Waals surface area (Å²) in [6, 6.07) is 0. The van der Waals surface area contributed by atoms with Crippen LogP contribution in [-0.2, 0) is 9.47 Å². The molecule has 1 aliphatic heterocycles. The van der Waals surface area contributed by atoms with Gasteiger partial charge in [0, 0.05) is 6.42 Å². The molecule has 0 aromatic rings. The molecule has 1 rings (SSSR count). The Bertz CT molecular complexity index is 335. The van der Waals surface area contributed by atoms with Gasteiger partial charge in [-0.15, -0.1) is 0 Å². The maximum atomic E-state index is 6.11. The van der Waals surface area contributed by atoms with Gasteiger partial charge in [-0.2, -0.15) is 0 Å². The molecule has 1 atom stereocenters. The fourth-order valence-electron chi connectivity index (χ4n) is 3.78. The Hall–Kier alpha value is -0.500. The Labute approximate surface area is 157 Å². The van der Waals surface area contributed by atoms with Crippen molar-refractivity contribution < 1.29 is 9.47 Å². The number of methoxy groups -OCH3 is 1. The summed E-state index contributed by atoms with van der Waals surface area (Å²) in [6.45, 7) is 5.35. The van der Waals surface area contributed by atoms with Crippen molar-refractivity contribution in [1.29, 1.82) is 0 Å². The van der Waals surface area contributed by atoms with Crippen LogP contribution in [-0.4, -0.2) is 19.8 Å². The maximum absolute atomic E-state index is 6.11. The van der Waals surface area contributed by atoms with Gasteiger partial charge >= 0.3 is 0 Å². The summed E-state index contributed by atoms with van der Waals surface area (Å²) >= 11 is 0. The quantitative estimate of drug-likeness (QED) is 0.267. The molecule has 2 heteroatoms. The first-order chi connectivity index (χ1) is 12.3. The summed E-state index contributed by atoms with van der Waals surface area (Å²) < 4.78 is 11.8. The largest absolute Gasteiger partial charge is 0.501 e. The molecule has 0 bridgehead atoms. The SMILES string of the molecule is CCCCCCCCCCCC1CC(OC)=C(CCCCCC)CO1. The summed E-state index contributed by atoms with van der Waals surface area (Å²) in [6.07, 6.45) is 21.5. The Balaban J connectivity index is 2.09. The lowest BCUT2D eigenvalue weighted by Crippen LogP contribution is -2.23. The number of hydrogen-bond donors (Lipinski definition) is 0. The molecule has 0 amide bonds. The predicted octanol–water partition coefficient (Wildman–Crippen LogP) is 7.57. The first-order valence-electron chi connectivity index (χ1n) is 11.2. The van der Waals surface area contributed by atoms with Crippen molar-refractivity contribution >= 4 is 0 Å². The Morgan fingerprint density at radius 2 is 1.36 bits per heavy atom. The highest BCUT2D eigenvalue weighted by molar-refractivity contribution is 5.13. The molecule has 25 heavy (non-hydrogen) atoms. The molecule has 0 aromatic carbocycles. The van der Waals surface area contributed by atoms with Crippen LogP contribution in [0.15, 0.2) is 11.3 Å². The summed E-state index contributed by atoms with van der Waals surface area (Å²) in [5.41, 5.74) is 1.42. The van der Waals surface area contributed by atoms with E-state index in [1.807, 2.05) is 7.11 Å². The lowest BCUT2D eigenvalue weighted by atomic mass is 9.98. The Morgan fingerprint density at radius 1 is 0.800 bits per heavy atom. The molecule has 0 saturated carbocycles. The van der Waals surface area contributed by atoms with Crippen molar-refractivity contribution in [2.24, 2.45) is 0 Å².